The zero-order valence-corrected chi connectivity index (χ0v) is 47.4. The molecule has 0 rings (SSSR count). The Morgan fingerprint density at radius 2 is 0.542 bits per heavy atom. The Bertz CT molecular complexity index is 1380. The Morgan fingerprint density at radius 1 is 0.292 bits per heavy atom. The molecule has 0 saturated carbocycles. The van der Waals surface area contributed by atoms with Crippen LogP contribution in [0.15, 0.2) is 85.1 Å². The van der Waals surface area contributed by atoms with Crippen molar-refractivity contribution in [3.8, 4) is 0 Å². The lowest BCUT2D eigenvalue weighted by molar-refractivity contribution is -0.167. The monoisotopic (exact) mass is 1000 g/mol. The summed E-state index contributed by atoms with van der Waals surface area (Å²) in [5.41, 5.74) is 0. The number of esters is 3. The summed E-state index contributed by atoms with van der Waals surface area (Å²) < 4.78 is 16.9. The van der Waals surface area contributed by atoms with Crippen LogP contribution in [-0.4, -0.2) is 37.2 Å². The summed E-state index contributed by atoms with van der Waals surface area (Å²) in [5.74, 6) is -0.891. The predicted molar refractivity (Wildman–Crippen MR) is 311 cm³/mol. The van der Waals surface area contributed by atoms with E-state index in [2.05, 4.69) is 106 Å². The van der Waals surface area contributed by atoms with Gasteiger partial charge in [-0.2, -0.15) is 0 Å². The van der Waals surface area contributed by atoms with Crippen molar-refractivity contribution in [1.29, 1.82) is 0 Å². The van der Waals surface area contributed by atoms with E-state index in [1.165, 1.54) is 148 Å². The van der Waals surface area contributed by atoms with Crippen LogP contribution in [0.1, 0.15) is 297 Å². The fourth-order valence-electron chi connectivity index (χ4n) is 8.56. The summed E-state index contributed by atoms with van der Waals surface area (Å²) in [6.07, 6.45) is 78.6. The summed E-state index contributed by atoms with van der Waals surface area (Å²) in [6.45, 7) is 6.52. The van der Waals surface area contributed by atoms with Gasteiger partial charge in [0, 0.05) is 19.3 Å². The fourth-order valence-corrected chi connectivity index (χ4v) is 8.56. The Hall–Kier alpha value is -3.41. The smallest absolute Gasteiger partial charge is 0.306 e. The van der Waals surface area contributed by atoms with Crippen LogP contribution < -0.4 is 0 Å². The van der Waals surface area contributed by atoms with Gasteiger partial charge in [0.05, 0.1) is 0 Å². The minimum Gasteiger partial charge on any atom is -0.462 e. The van der Waals surface area contributed by atoms with Crippen molar-refractivity contribution in [3.05, 3.63) is 85.1 Å². The van der Waals surface area contributed by atoms with Gasteiger partial charge < -0.3 is 14.2 Å². The molecule has 0 aromatic rings. The van der Waals surface area contributed by atoms with E-state index in [4.69, 9.17) is 14.2 Å². The van der Waals surface area contributed by atoms with Crippen LogP contribution in [-0.2, 0) is 28.6 Å². The molecule has 1 atom stereocenters. The largest absolute Gasteiger partial charge is 0.462 e. The average Bonchev–Trinajstić information content (AvgIpc) is 3.38. The Kier molecular flexibility index (Phi) is 57.3. The van der Waals surface area contributed by atoms with Gasteiger partial charge in [-0.25, -0.2) is 0 Å². The summed E-state index contributed by atoms with van der Waals surface area (Å²) in [5, 5.41) is 0. The lowest BCUT2D eigenvalue weighted by Gasteiger charge is -2.18. The first kappa shape index (κ1) is 68.6. The van der Waals surface area contributed by atoms with Crippen LogP contribution in [0.2, 0.25) is 0 Å². The molecule has 0 bridgehead atoms. The molecule has 0 aromatic heterocycles. The molecule has 0 N–H and O–H groups in total. The van der Waals surface area contributed by atoms with E-state index in [1.54, 1.807) is 0 Å². The maximum atomic E-state index is 12.9. The minimum atomic E-state index is -0.784. The van der Waals surface area contributed by atoms with Crippen LogP contribution in [0.4, 0.5) is 0 Å². The normalized spacial score (nSPS) is 12.7. The minimum absolute atomic E-state index is 0.0806. The molecule has 0 heterocycles. The summed E-state index contributed by atoms with van der Waals surface area (Å²) in [4.78, 5) is 38.2. The number of hydrogen-bond donors (Lipinski definition) is 0. The standard InChI is InChI=1S/C66H114O6/c1-4-7-10-13-16-19-22-24-26-28-30-31-32-33-34-35-36-38-39-41-44-47-50-53-56-59-65(68)71-62-63(61-70-64(67)58-55-52-49-46-43-21-18-15-12-9-6-3)72-66(69)60-57-54-51-48-45-42-40-37-29-27-25-23-20-17-14-11-8-5-2/h7,10,16,19,24,26-27,29-31,33-34,36,38,63H,4-6,8-9,11-15,17-18,20-23,25,28,32,35,37,39-62H2,1-3H3/b10-7-,19-16-,26-24-,29-27-,31-30-,34-33-,38-36-. The maximum Gasteiger partial charge on any atom is 0.306 e. The van der Waals surface area contributed by atoms with E-state index in [-0.39, 0.29) is 31.1 Å². The highest BCUT2D eigenvalue weighted by Crippen LogP contribution is 2.16. The zero-order chi connectivity index (χ0) is 52.2. The first-order chi connectivity index (χ1) is 35.5. The third-order valence-electron chi connectivity index (χ3n) is 13.1. The molecule has 414 valence electrons. The topological polar surface area (TPSA) is 78.9 Å². The van der Waals surface area contributed by atoms with Gasteiger partial charge in [-0.1, -0.05) is 266 Å². The molecule has 1 unspecified atom stereocenters. The van der Waals surface area contributed by atoms with Crippen LogP contribution in [0, 0.1) is 0 Å². The van der Waals surface area contributed by atoms with Crippen molar-refractivity contribution in [2.75, 3.05) is 13.2 Å². The number of unbranched alkanes of at least 4 members (excludes halogenated alkanes) is 30. The molecule has 0 aliphatic heterocycles. The van der Waals surface area contributed by atoms with Gasteiger partial charge in [-0.05, 0) is 96.3 Å². The van der Waals surface area contributed by atoms with Crippen molar-refractivity contribution in [2.24, 2.45) is 0 Å². The number of ether oxygens (including phenoxy) is 3. The van der Waals surface area contributed by atoms with Crippen molar-refractivity contribution in [3.63, 3.8) is 0 Å². The third kappa shape index (κ3) is 57.5. The predicted octanol–water partition coefficient (Wildman–Crippen LogP) is 20.7. The Morgan fingerprint density at radius 3 is 0.861 bits per heavy atom. The highest BCUT2D eigenvalue weighted by atomic mass is 16.6. The lowest BCUT2D eigenvalue weighted by atomic mass is 10.1. The second-order valence-corrected chi connectivity index (χ2v) is 20.2. The lowest BCUT2D eigenvalue weighted by Crippen LogP contribution is -2.30. The van der Waals surface area contributed by atoms with Gasteiger partial charge in [-0.15, -0.1) is 0 Å². The molecular formula is C66H114O6. The van der Waals surface area contributed by atoms with Crippen molar-refractivity contribution >= 4 is 17.9 Å². The molecular weight excluding hydrogens is 889 g/mol. The highest BCUT2D eigenvalue weighted by Gasteiger charge is 2.19. The van der Waals surface area contributed by atoms with E-state index in [0.717, 1.165) is 109 Å². The molecule has 72 heavy (non-hydrogen) atoms. The number of carbonyl (C=O) groups is 3. The van der Waals surface area contributed by atoms with Crippen LogP contribution in [0.3, 0.4) is 0 Å². The van der Waals surface area contributed by atoms with Gasteiger partial charge in [-0.3, -0.25) is 14.4 Å². The Labute approximate surface area is 445 Å². The van der Waals surface area contributed by atoms with Gasteiger partial charge >= 0.3 is 17.9 Å². The third-order valence-corrected chi connectivity index (χ3v) is 13.1. The van der Waals surface area contributed by atoms with Gasteiger partial charge in [0.1, 0.15) is 13.2 Å². The van der Waals surface area contributed by atoms with Crippen molar-refractivity contribution in [2.45, 2.75) is 303 Å². The molecule has 0 saturated heterocycles. The van der Waals surface area contributed by atoms with Crippen LogP contribution >= 0.6 is 0 Å². The van der Waals surface area contributed by atoms with E-state index in [1.807, 2.05) is 0 Å². The average molecular weight is 1000 g/mol. The second kappa shape index (κ2) is 60.1. The molecule has 0 spiro atoms. The Balaban J connectivity index is 4.33. The van der Waals surface area contributed by atoms with Crippen LogP contribution in [0.25, 0.3) is 0 Å². The number of rotatable bonds is 55. The first-order valence-corrected chi connectivity index (χ1v) is 30.6. The van der Waals surface area contributed by atoms with Gasteiger partial charge in [0.2, 0.25) is 0 Å². The van der Waals surface area contributed by atoms with E-state index in [9.17, 15) is 14.4 Å². The zero-order valence-electron chi connectivity index (χ0n) is 47.4. The number of allylic oxidation sites excluding steroid dienone is 14. The molecule has 0 radical (unpaired) electrons. The van der Waals surface area contributed by atoms with E-state index < -0.39 is 6.10 Å². The summed E-state index contributed by atoms with van der Waals surface area (Å²) in [7, 11) is 0. The second-order valence-electron chi connectivity index (χ2n) is 20.2. The molecule has 0 aromatic carbocycles. The molecule has 6 nitrogen and oxygen atoms in total. The summed E-state index contributed by atoms with van der Waals surface area (Å²) in [6, 6.07) is 0. The molecule has 0 aliphatic rings. The fraction of sp³-hybridized carbons (Fsp3) is 0.742. The first-order valence-electron chi connectivity index (χ1n) is 30.6. The maximum absolute atomic E-state index is 12.9. The molecule has 0 fully saturated rings. The van der Waals surface area contributed by atoms with Gasteiger partial charge in [0.15, 0.2) is 6.10 Å². The molecule has 6 heteroatoms. The quantitative estimate of drug-likeness (QED) is 0.0261. The van der Waals surface area contributed by atoms with Gasteiger partial charge in [0.25, 0.3) is 0 Å². The van der Waals surface area contributed by atoms with E-state index >= 15 is 0 Å². The number of hydrogen-bond acceptors (Lipinski definition) is 6. The molecule has 0 amide bonds. The highest BCUT2D eigenvalue weighted by molar-refractivity contribution is 5.71. The van der Waals surface area contributed by atoms with E-state index in [0.29, 0.717) is 19.3 Å². The van der Waals surface area contributed by atoms with Crippen molar-refractivity contribution < 1.29 is 28.6 Å². The SMILES string of the molecule is CC/C=C\C/C=C\C/C=C\C/C=C\C/C=C\C/C=C\CCCCCCCCC(=O)OCC(COC(=O)CCCCCCCCCCCCC)OC(=O)CCCCCCCCC/C=C\CCCCCCCCC. The molecule has 0 aliphatic carbocycles. The van der Waals surface area contributed by atoms with Crippen molar-refractivity contribution in [1.82, 2.24) is 0 Å². The summed E-state index contributed by atoms with van der Waals surface area (Å²) >= 11 is 0. The number of carbonyl (C=O) groups excluding carboxylic acids is 3. The van der Waals surface area contributed by atoms with Crippen LogP contribution in [0.5, 0.6) is 0 Å².